The molecule has 4 rings (SSSR count). The third-order valence-electron chi connectivity index (χ3n) is 5.73. The first-order valence-corrected chi connectivity index (χ1v) is 10.9. The van der Waals surface area contributed by atoms with Crippen LogP contribution in [-0.4, -0.2) is 28.2 Å². The monoisotopic (exact) mass is 455 g/mol. The fourth-order valence-electron chi connectivity index (χ4n) is 4.16. The standard InChI is InChI=1S/C23H26FN5O4/c1-5-26-18-17(21(32)27(6-2)23(26)33)29-20(31)16(11-13(3)4)19(30)28(22(29)25-18)12-14-7-9-15(24)10-8-14/h7-10,13,30H,5-6,11-12H2,1-4H3. The SMILES string of the molecule is CCn1c(=O)c2c(nc3n(Cc4ccc(F)cc4)c(O)c(CC(C)C)c(=O)n23)n(CC)c1=O. The number of hydrogen-bond donors (Lipinski definition) is 1. The van der Waals surface area contributed by atoms with Gasteiger partial charge in [0, 0.05) is 13.1 Å². The van der Waals surface area contributed by atoms with Crippen LogP contribution in [0.3, 0.4) is 0 Å². The van der Waals surface area contributed by atoms with Crippen LogP contribution in [0.15, 0.2) is 38.6 Å². The van der Waals surface area contributed by atoms with E-state index in [0.717, 1.165) is 4.57 Å². The van der Waals surface area contributed by atoms with Gasteiger partial charge >= 0.3 is 5.69 Å². The molecule has 0 aliphatic heterocycles. The summed E-state index contributed by atoms with van der Waals surface area (Å²) >= 11 is 0. The molecule has 0 atom stereocenters. The quantitative estimate of drug-likeness (QED) is 0.480. The van der Waals surface area contributed by atoms with Gasteiger partial charge in [0.2, 0.25) is 11.7 Å². The Morgan fingerprint density at radius 1 is 0.970 bits per heavy atom. The zero-order chi connectivity index (χ0) is 24.0. The molecule has 0 aliphatic rings. The molecule has 0 bridgehead atoms. The van der Waals surface area contributed by atoms with E-state index in [1.54, 1.807) is 26.0 Å². The molecule has 0 unspecified atom stereocenters. The fourth-order valence-corrected chi connectivity index (χ4v) is 4.16. The fraction of sp³-hybridized carbons (Fsp3) is 0.391. The number of aromatic nitrogens is 5. The van der Waals surface area contributed by atoms with Crippen molar-refractivity contribution in [2.75, 3.05) is 0 Å². The van der Waals surface area contributed by atoms with E-state index >= 15 is 0 Å². The van der Waals surface area contributed by atoms with Crippen LogP contribution >= 0.6 is 0 Å². The Bertz CT molecular complexity index is 1540. The summed E-state index contributed by atoms with van der Waals surface area (Å²) in [6.45, 7) is 7.74. The first-order chi connectivity index (χ1) is 15.7. The number of benzene rings is 1. The second-order valence-electron chi connectivity index (χ2n) is 8.41. The lowest BCUT2D eigenvalue weighted by Crippen LogP contribution is -2.40. The number of aryl methyl sites for hydroxylation is 1. The molecule has 1 N–H and O–H groups in total. The third-order valence-corrected chi connectivity index (χ3v) is 5.73. The first kappa shape index (κ1) is 22.5. The predicted molar refractivity (Wildman–Crippen MR) is 123 cm³/mol. The van der Waals surface area contributed by atoms with Gasteiger partial charge in [0.15, 0.2) is 11.2 Å². The number of halogens is 1. The Hall–Kier alpha value is -3.69. The highest BCUT2D eigenvalue weighted by molar-refractivity contribution is 5.75. The average molecular weight is 455 g/mol. The van der Waals surface area contributed by atoms with E-state index in [1.165, 1.54) is 25.7 Å². The van der Waals surface area contributed by atoms with Gasteiger partial charge in [0.1, 0.15) is 5.82 Å². The molecule has 4 aromatic rings. The lowest BCUT2D eigenvalue weighted by Gasteiger charge is -2.15. The van der Waals surface area contributed by atoms with Crippen molar-refractivity contribution in [3.8, 4) is 5.88 Å². The summed E-state index contributed by atoms with van der Waals surface area (Å²) in [7, 11) is 0. The number of rotatable bonds is 6. The summed E-state index contributed by atoms with van der Waals surface area (Å²) in [5.74, 6) is -0.567. The molecule has 10 heteroatoms. The molecule has 0 aliphatic carbocycles. The third kappa shape index (κ3) is 3.55. The molecule has 0 amide bonds. The minimum Gasteiger partial charge on any atom is -0.494 e. The van der Waals surface area contributed by atoms with Crippen molar-refractivity contribution in [2.45, 2.75) is 53.8 Å². The molecule has 0 spiro atoms. The summed E-state index contributed by atoms with van der Waals surface area (Å²) in [4.78, 5) is 44.0. The van der Waals surface area contributed by atoms with E-state index in [4.69, 9.17) is 0 Å². The van der Waals surface area contributed by atoms with E-state index in [2.05, 4.69) is 4.98 Å². The van der Waals surface area contributed by atoms with Crippen molar-refractivity contribution >= 4 is 16.9 Å². The van der Waals surface area contributed by atoms with E-state index in [-0.39, 0.29) is 60.4 Å². The minimum atomic E-state index is -0.610. The van der Waals surface area contributed by atoms with Crippen LogP contribution in [0.2, 0.25) is 0 Å². The van der Waals surface area contributed by atoms with Crippen molar-refractivity contribution in [1.29, 1.82) is 0 Å². The van der Waals surface area contributed by atoms with E-state index in [9.17, 15) is 23.9 Å². The molecule has 3 aromatic heterocycles. The molecule has 9 nitrogen and oxygen atoms in total. The van der Waals surface area contributed by atoms with Crippen molar-refractivity contribution in [3.63, 3.8) is 0 Å². The number of aromatic hydroxyl groups is 1. The summed E-state index contributed by atoms with van der Waals surface area (Å²) in [5, 5.41) is 11.1. The number of hydrogen-bond acceptors (Lipinski definition) is 5. The zero-order valence-electron chi connectivity index (χ0n) is 19.0. The van der Waals surface area contributed by atoms with Crippen molar-refractivity contribution < 1.29 is 9.50 Å². The molecule has 174 valence electrons. The molecule has 33 heavy (non-hydrogen) atoms. The number of fused-ring (bicyclic) bond motifs is 3. The van der Waals surface area contributed by atoms with Crippen LogP contribution in [0, 0.1) is 11.7 Å². The number of nitrogens with zero attached hydrogens (tertiary/aromatic N) is 5. The van der Waals surface area contributed by atoms with Gasteiger partial charge in [0.25, 0.3) is 11.1 Å². The van der Waals surface area contributed by atoms with E-state index in [1.807, 2.05) is 13.8 Å². The lowest BCUT2D eigenvalue weighted by atomic mass is 10.0. The van der Waals surface area contributed by atoms with Gasteiger partial charge in [-0.2, -0.15) is 4.98 Å². The molecule has 0 fully saturated rings. The Morgan fingerprint density at radius 2 is 1.61 bits per heavy atom. The second kappa shape index (κ2) is 8.34. The highest BCUT2D eigenvalue weighted by Gasteiger charge is 2.25. The van der Waals surface area contributed by atoms with Crippen LogP contribution in [0.5, 0.6) is 5.88 Å². The molecule has 0 saturated carbocycles. The van der Waals surface area contributed by atoms with Gasteiger partial charge in [-0.05, 0) is 43.9 Å². The molecule has 1 aromatic carbocycles. The largest absolute Gasteiger partial charge is 0.494 e. The Kier molecular flexibility index (Phi) is 5.69. The van der Waals surface area contributed by atoms with Crippen LogP contribution < -0.4 is 16.8 Å². The first-order valence-electron chi connectivity index (χ1n) is 10.9. The zero-order valence-corrected chi connectivity index (χ0v) is 19.0. The normalized spacial score (nSPS) is 11.8. The van der Waals surface area contributed by atoms with Gasteiger partial charge in [0.05, 0.1) is 12.1 Å². The topological polar surface area (TPSA) is 104 Å². The van der Waals surface area contributed by atoms with Gasteiger partial charge in [-0.3, -0.25) is 23.3 Å². The molecule has 0 radical (unpaired) electrons. The van der Waals surface area contributed by atoms with E-state index in [0.29, 0.717) is 5.56 Å². The molecule has 0 saturated heterocycles. The highest BCUT2D eigenvalue weighted by atomic mass is 19.1. The second-order valence-corrected chi connectivity index (χ2v) is 8.41. The lowest BCUT2D eigenvalue weighted by molar-refractivity contribution is 0.407. The average Bonchev–Trinajstić information content (AvgIpc) is 3.16. The summed E-state index contributed by atoms with van der Waals surface area (Å²) < 4.78 is 18.4. The van der Waals surface area contributed by atoms with Crippen molar-refractivity contribution in [3.05, 3.63) is 72.4 Å². The number of imidazole rings is 1. The maximum atomic E-state index is 13.5. The summed E-state index contributed by atoms with van der Waals surface area (Å²) in [6.07, 6.45) is 0.277. The highest BCUT2D eigenvalue weighted by Crippen LogP contribution is 2.23. The van der Waals surface area contributed by atoms with Gasteiger partial charge in [-0.25, -0.2) is 13.6 Å². The Balaban J connectivity index is 2.19. The smallest absolute Gasteiger partial charge is 0.332 e. The van der Waals surface area contributed by atoms with Gasteiger partial charge in [-0.1, -0.05) is 26.0 Å². The minimum absolute atomic E-state index is 0.00355. The van der Waals surface area contributed by atoms with Crippen molar-refractivity contribution in [1.82, 2.24) is 23.1 Å². The molecular weight excluding hydrogens is 429 g/mol. The Labute approximate surface area is 188 Å². The van der Waals surface area contributed by atoms with Crippen LogP contribution in [-0.2, 0) is 26.1 Å². The maximum Gasteiger partial charge on any atom is 0.332 e. The molecular formula is C23H26FN5O4. The van der Waals surface area contributed by atoms with Gasteiger partial charge in [-0.15, -0.1) is 0 Å². The van der Waals surface area contributed by atoms with E-state index < -0.39 is 22.6 Å². The van der Waals surface area contributed by atoms with Crippen LogP contribution in [0.1, 0.15) is 38.8 Å². The maximum absolute atomic E-state index is 13.5. The van der Waals surface area contributed by atoms with Gasteiger partial charge < -0.3 is 5.11 Å². The van der Waals surface area contributed by atoms with Crippen molar-refractivity contribution in [2.24, 2.45) is 5.92 Å². The Morgan fingerprint density at radius 3 is 2.18 bits per heavy atom. The summed E-state index contributed by atoms with van der Waals surface area (Å²) in [5.41, 5.74) is -0.768. The summed E-state index contributed by atoms with van der Waals surface area (Å²) in [6, 6.07) is 5.75. The van der Waals surface area contributed by atoms with Crippen LogP contribution in [0.25, 0.3) is 16.9 Å². The molecule has 3 heterocycles. The van der Waals surface area contributed by atoms with Crippen LogP contribution in [0.4, 0.5) is 4.39 Å². The predicted octanol–water partition coefficient (Wildman–Crippen LogP) is 2.10.